The molecule has 2 N–H and O–H groups in total. The maximum Gasteiger partial charge on any atom is 0.301 e. The van der Waals surface area contributed by atoms with Crippen LogP contribution in [0.15, 0.2) is 12.1 Å². The van der Waals surface area contributed by atoms with Gasteiger partial charge >= 0.3 is 10.2 Å². The highest BCUT2D eigenvalue weighted by atomic mass is 35.5. The molecule has 0 unspecified atom stereocenters. The lowest BCUT2D eigenvalue weighted by molar-refractivity contribution is 0.276. The van der Waals surface area contributed by atoms with Crippen LogP contribution in [0.3, 0.4) is 0 Å². The van der Waals surface area contributed by atoms with Crippen molar-refractivity contribution in [2.75, 3.05) is 39.1 Å². The first kappa shape index (κ1) is 17.8. The number of nitrogens with one attached hydrogen (secondary N) is 1. The average molecular weight is 339 g/mol. The maximum absolute atomic E-state index is 12.2. The van der Waals surface area contributed by atoms with Crippen molar-refractivity contribution in [2.24, 2.45) is 0 Å². The molecule has 120 valence electrons. The van der Waals surface area contributed by atoms with Crippen molar-refractivity contribution < 1.29 is 23.0 Å². The van der Waals surface area contributed by atoms with Gasteiger partial charge in [-0.25, -0.2) is 0 Å². The molecule has 0 aromatic heterocycles. The molecule has 0 fully saturated rings. The van der Waals surface area contributed by atoms with Crippen LogP contribution in [0.5, 0.6) is 11.5 Å². The summed E-state index contributed by atoms with van der Waals surface area (Å²) in [5, 5.41) is 9.07. The molecule has 0 aliphatic heterocycles. The summed E-state index contributed by atoms with van der Waals surface area (Å²) in [6.45, 7) is 0.108. The van der Waals surface area contributed by atoms with E-state index in [1.54, 1.807) is 0 Å². The number of aliphatic hydroxyl groups is 1. The summed E-state index contributed by atoms with van der Waals surface area (Å²) in [6.07, 6.45) is 0.346. The van der Waals surface area contributed by atoms with Crippen molar-refractivity contribution in [2.45, 2.75) is 6.42 Å². The summed E-state index contributed by atoms with van der Waals surface area (Å²) < 4.78 is 38.0. The van der Waals surface area contributed by atoms with Crippen LogP contribution < -0.4 is 14.2 Å². The summed E-state index contributed by atoms with van der Waals surface area (Å²) >= 11 is 5.96. The topological polar surface area (TPSA) is 88.1 Å². The Morgan fingerprint density at radius 2 is 1.90 bits per heavy atom. The van der Waals surface area contributed by atoms with Gasteiger partial charge in [0.05, 0.1) is 24.9 Å². The lowest BCUT2D eigenvalue weighted by Crippen LogP contribution is -2.33. The molecule has 0 amide bonds. The number of anilines is 1. The van der Waals surface area contributed by atoms with Crippen LogP contribution in [-0.2, 0) is 10.2 Å². The summed E-state index contributed by atoms with van der Waals surface area (Å²) in [7, 11) is 0.490. The summed E-state index contributed by atoms with van der Waals surface area (Å²) in [5.74, 6) is 0.605. The van der Waals surface area contributed by atoms with E-state index in [4.69, 9.17) is 26.2 Å². The van der Waals surface area contributed by atoms with Gasteiger partial charge in [0, 0.05) is 32.3 Å². The Hall–Kier alpha value is -1.22. The number of aliphatic hydroxyl groups excluding tert-OH is 1. The van der Waals surface area contributed by atoms with E-state index in [0.29, 0.717) is 17.2 Å². The van der Waals surface area contributed by atoms with E-state index in [9.17, 15) is 8.42 Å². The number of ether oxygens (including phenoxy) is 2. The molecular weight excluding hydrogens is 320 g/mol. The van der Waals surface area contributed by atoms with Crippen molar-refractivity contribution >= 4 is 27.5 Å². The highest BCUT2D eigenvalue weighted by molar-refractivity contribution is 7.90. The number of rotatable bonds is 8. The fraction of sp³-hybridized carbons (Fsp3) is 0.500. The van der Waals surface area contributed by atoms with Crippen molar-refractivity contribution in [1.82, 2.24) is 4.31 Å². The molecule has 0 saturated heterocycles. The van der Waals surface area contributed by atoms with E-state index in [-0.39, 0.29) is 24.6 Å². The molecule has 9 heteroatoms. The van der Waals surface area contributed by atoms with Crippen LogP contribution in [0.4, 0.5) is 5.69 Å². The lowest BCUT2D eigenvalue weighted by Gasteiger charge is -2.19. The van der Waals surface area contributed by atoms with Gasteiger partial charge in [0.25, 0.3) is 0 Å². The summed E-state index contributed by atoms with van der Waals surface area (Å²) in [6, 6.07) is 2.91. The fourth-order valence-corrected chi connectivity index (χ4v) is 2.76. The zero-order valence-corrected chi connectivity index (χ0v) is 13.7. The number of hydrogen-bond donors (Lipinski definition) is 2. The first-order valence-corrected chi connectivity index (χ1v) is 7.94. The fourth-order valence-electron chi connectivity index (χ4n) is 1.57. The first-order valence-electron chi connectivity index (χ1n) is 6.12. The van der Waals surface area contributed by atoms with Gasteiger partial charge in [-0.05, 0) is 6.42 Å². The molecule has 0 heterocycles. The Kier molecular flexibility index (Phi) is 6.53. The van der Waals surface area contributed by atoms with Crippen LogP contribution in [0.2, 0.25) is 5.02 Å². The van der Waals surface area contributed by atoms with Gasteiger partial charge in [-0.3, -0.25) is 4.72 Å². The average Bonchev–Trinajstić information content (AvgIpc) is 2.45. The van der Waals surface area contributed by atoms with E-state index >= 15 is 0 Å². The zero-order valence-electron chi connectivity index (χ0n) is 12.1. The first-order chi connectivity index (χ1) is 9.85. The molecule has 1 aromatic carbocycles. The highest BCUT2D eigenvalue weighted by Crippen LogP contribution is 2.36. The summed E-state index contributed by atoms with van der Waals surface area (Å²) in [5.41, 5.74) is 0.217. The predicted molar refractivity (Wildman–Crippen MR) is 81.4 cm³/mol. The predicted octanol–water partition coefficient (Wildman–Crippen LogP) is 1.33. The minimum absolute atomic E-state index is 0.0854. The minimum Gasteiger partial charge on any atom is -0.495 e. The van der Waals surface area contributed by atoms with E-state index in [1.165, 1.54) is 33.4 Å². The number of hydrogen-bond acceptors (Lipinski definition) is 5. The van der Waals surface area contributed by atoms with Crippen molar-refractivity contribution in [3.8, 4) is 11.5 Å². The molecule has 1 rings (SSSR count). The van der Waals surface area contributed by atoms with Gasteiger partial charge in [-0.15, -0.1) is 0 Å². The van der Waals surface area contributed by atoms with Crippen molar-refractivity contribution in [1.29, 1.82) is 0 Å². The molecule has 0 aliphatic carbocycles. The van der Waals surface area contributed by atoms with E-state index in [1.807, 2.05) is 0 Å². The number of nitrogens with zero attached hydrogens (tertiary/aromatic N) is 1. The van der Waals surface area contributed by atoms with E-state index in [2.05, 4.69) is 4.72 Å². The second-order valence-corrected chi connectivity index (χ2v) is 6.38. The maximum atomic E-state index is 12.2. The molecule has 0 aliphatic rings. The van der Waals surface area contributed by atoms with Gasteiger partial charge in [0.15, 0.2) is 0 Å². The molecular formula is C12H19ClN2O5S. The van der Waals surface area contributed by atoms with Gasteiger partial charge in [0.2, 0.25) is 0 Å². The highest BCUT2D eigenvalue weighted by Gasteiger charge is 2.20. The molecule has 0 saturated carbocycles. The molecule has 1 aromatic rings. The monoisotopic (exact) mass is 338 g/mol. The second-order valence-electron chi connectivity index (χ2n) is 4.19. The Morgan fingerprint density at radius 1 is 1.29 bits per heavy atom. The Balaban J connectivity index is 3.05. The number of methoxy groups -OCH3 is 2. The number of benzene rings is 1. The standard InChI is InChI=1S/C12H19ClN2O5S/c1-15(5-4-6-16)21(17,18)14-10-8-11(19-2)9(13)7-12(10)20-3/h7-8,14,16H,4-6H2,1-3H3. The van der Waals surface area contributed by atoms with E-state index < -0.39 is 10.2 Å². The smallest absolute Gasteiger partial charge is 0.301 e. The largest absolute Gasteiger partial charge is 0.495 e. The Bertz CT molecular complexity index is 579. The van der Waals surface area contributed by atoms with E-state index in [0.717, 1.165) is 4.31 Å². The molecule has 0 spiro atoms. The second kappa shape index (κ2) is 7.69. The zero-order chi connectivity index (χ0) is 16.0. The van der Waals surface area contributed by atoms with Gasteiger partial charge < -0.3 is 14.6 Å². The molecule has 0 bridgehead atoms. The summed E-state index contributed by atoms with van der Waals surface area (Å²) in [4.78, 5) is 0. The number of halogens is 1. The SMILES string of the molecule is COc1cc(NS(=O)(=O)N(C)CCCO)c(OC)cc1Cl. The minimum atomic E-state index is -3.76. The third-order valence-electron chi connectivity index (χ3n) is 2.75. The van der Waals surface area contributed by atoms with Gasteiger partial charge in [-0.2, -0.15) is 12.7 Å². The van der Waals surface area contributed by atoms with Gasteiger partial charge in [0.1, 0.15) is 11.5 Å². The van der Waals surface area contributed by atoms with Crippen LogP contribution in [-0.4, -0.2) is 52.2 Å². The van der Waals surface area contributed by atoms with Crippen LogP contribution in [0.1, 0.15) is 6.42 Å². The Morgan fingerprint density at radius 3 is 2.43 bits per heavy atom. The van der Waals surface area contributed by atoms with Crippen LogP contribution in [0, 0.1) is 0 Å². The molecule has 0 radical (unpaired) electrons. The molecule has 0 atom stereocenters. The van der Waals surface area contributed by atoms with Gasteiger partial charge in [-0.1, -0.05) is 11.6 Å². The quantitative estimate of drug-likeness (QED) is 0.746. The molecule has 7 nitrogen and oxygen atoms in total. The molecule has 21 heavy (non-hydrogen) atoms. The third-order valence-corrected chi connectivity index (χ3v) is 4.53. The van der Waals surface area contributed by atoms with Crippen LogP contribution >= 0.6 is 11.6 Å². The lowest BCUT2D eigenvalue weighted by atomic mass is 10.3. The Labute approximate surface area is 129 Å². The van der Waals surface area contributed by atoms with Crippen molar-refractivity contribution in [3.63, 3.8) is 0 Å². The third kappa shape index (κ3) is 4.63. The van der Waals surface area contributed by atoms with Crippen LogP contribution in [0.25, 0.3) is 0 Å². The normalized spacial score (nSPS) is 11.5. The van der Waals surface area contributed by atoms with Crippen molar-refractivity contribution in [3.05, 3.63) is 17.2 Å².